The summed E-state index contributed by atoms with van der Waals surface area (Å²) in [5.41, 5.74) is -1.78. The second-order valence-corrected chi connectivity index (χ2v) is 19.8. The van der Waals surface area contributed by atoms with E-state index in [0.717, 1.165) is 24.6 Å². The zero-order valence-electron chi connectivity index (χ0n) is 33.0. The molecule has 0 unspecified atom stereocenters. The first-order valence-corrected chi connectivity index (χ1v) is 21.5. The van der Waals surface area contributed by atoms with E-state index >= 15 is 4.79 Å². The van der Waals surface area contributed by atoms with Gasteiger partial charge in [0, 0.05) is 30.5 Å². The second kappa shape index (κ2) is 14.8. The van der Waals surface area contributed by atoms with Gasteiger partial charge >= 0.3 is 6.09 Å². The van der Waals surface area contributed by atoms with E-state index in [1.54, 1.807) is 13.1 Å². The lowest BCUT2D eigenvalue weighted by molar-refractivity contribution is -0.144. The van der Waals surface area contributed by atoms with Crippen molar-refractivity contribution in [3.8, 4) is 11.6 Å². The first kappa shape index (κ1) is 39.8. The number of carboxylic acid groups (broad SMARTS) is 1. The smallest absolute Gasteiger partial charge is 0.408 e. The molecule has 7 rings (SSSR count). The van der Waals surface area contributed by atoms with Crippen LogP contribution in [0.25, 0.3) is 10.8 Å². The predicted octanol–water partition coefficient (Wildman–Crippen LogP) is 5.02. The van der Waals surface area contributed by atoms with Gasteiger partial charge in [0.15, 0.2) is 0 Å². The van der Waals surface area contributed by atoms with Crippen molar-refractivity contribution < 1.29 is 42.2 Å². The Morgan fingerprint density at radius 1 is 1.11 bits per heavy atom. The molecule has 1 saturated heterocycles. The Bertz CT molecular complexity index is 2030. The van der Waals surface area contributed by atoms with E-state index in [-0.39, 0.29) is 43.2 Å². The Labute approximate surface area is 328 Å². The van der Waals surface area contributed by atoms with Gasteiger partial charge in [0.05, 0.1) is 17.9 Å². The number of nitrogens with zero attached hydrogens (tertiary/aromatic N) is 3. The highest BCUT2D eigenvalue weighted by Crippen LogP contribution is 2.48. The Morgan fingerprint density at radius 3 is 2.54 bits per heavy atom. The van der Waals surface area contributed by atoms with E-state index in [1.165, 1.54) is 9.80 Å². The van der Waals surface area contributed by atoms with Crippen LogP contribution < -0.4 is 19.5 Å². The molecular weight excluding hydrogens is 739 g/mol. The summed E-state index contributed by atoms with van der Waals surface area (Å²) in [6.07, 6.45) is 8.31. The Kier molecular flexibility index (Phi) is 10.5. The summed E-state index contributed by atoms with van der Waals surface area (Å²) in [7, 11) is -4.01. The number of carbonyl (C=O) groups excluding carboxylic acids is 3. The average molecular weight is 794 g/mol. The summed E-state index contributed by atoms with van der Waals surface area (Å²) in [5, 5.41) is 15.1. The summed E-state index contributed by atoms with van der Waals surface area (Å²) in [5.74, 6) is -1.66. The number of benzene rings is 1. The topological polar surface area (TPSA) is 185 Å². The highest BCUT2D eigenvalue weighted by Gasteiger charge is 2.63. The minimum absolute atomic E-state index is 0.0313. The van der Waals surface area contributed by atoms with Crippen LogP contribution in [-0.2, 0) is 24.4 Å². The lowest BCUT2D eigenvalue weighted by Gasteiger charge is -2.38. The number of pyridine rings is 1. The van der Waals surface area contributed by atoms with Gasteiger partial charge in [-0.2, -0.15) is 0 Å². The molecule has 1 aromatic carbocycles. The molecule has 0 bridgehead atoms. The van der Waals surface area contributed by atoms with Crippen LogP contribution in [0.4, 0.5) is 4.79 Å². The Balaban J connectivity index is 1.24. The van der Waals surface area contributed by atoms with Gasteiger partial charge in [-0.3, -0.25) is 24.0 Å². The van der Waals surface area contributed by atoms with E-state index in [4.69, 9.17) is 9.47 Å². The Hall–Kier alpha value is -4.40. The zero-order valence-corrected chi connectivity index (χ0v) is 33.8. The minimum Gasteiger partial charge on any atom is -0.494 e. The molecule has 56 heavy (non-hydrogen) atoms. The maximum absolute atomic E-state index is 15.1. The number of ether oxygens (including phenoxy) is 2. The van der Waals surface area contributed by atoms with Gasteiger partial charge in [-0.1, -0.05) is 32.9 Å². The lowest BCUT2D eigenvalue weighted by Crippen LogP contribution is -2.60. The minimum atomic E-state index is -4.01. The van der Waals surface area contributed by atoms with Crippen LogP contribution >= 0.6 is 0 Å². The SMILES string of the molecule is CCOc1ccc2c(O[C@@H]3C[C@H]4C(=O)N[C@]5(C(=O)NS(=O)(=O)C6(C)CC6)C[C@H]5/C=C\CC[C@H](C)C[C@@H](C)[C@H](N(CC5(C)CC5)C(=O)O)C(=O)N4C3)nccc2c1. The first-order chi connectivity index (χ1) is 26.5. The zero-order chi connectivity index (χ0) is 40.2. The van der Waals surface area contributed by atoms with Crippen LogP contribution in [0, 0.1) is 23.2 Å². The van der Waals surface area contributed by atoms with Gasteiger partial charge in [0.2, 0.25) is 27.7 Å². The second-order valence-electron chi connectivity index (χ2n) is 17.6. The quantitative estimate of drug-likeness (QED) is 0.276. The molecule has 0 spiro atoms. The number of carbonyl (C=O) groups is 4. The number of hydrogen-bond acceptors (Lipinski definition) is 9. The number of nitrogens with one attached hydrogen (secondary N) is 2. The van der Waals surface area contributed by atoms with Gasteiger partial charge < -0.3 is 24.8 Å². The highest BCUT2D eigenvalue weighted by atomic mass is 32.2. The van der Waals surface area contributed by atoms with Crippen LogP contribution in [0.3, 0.4) is 0 Å². The van der Waals surface area contributed by atoms with Crippen LogP contribution in [0.5, 0.6) is 11.6 Å². The lowest BCUT2D eigenvalue weighted by atomic mass is 9.86. The largest absolute Gasteiger partial charge is 0.494 e. The normalized spacial score (nSPS) is 31.4. The predicted molar refractivity (Wildman–Crippen MR) is 208 cm³/mol. The number of aromatic nitrogens is 1. The maximum atomic E-state index is 15.1. The van der Waals surface area contributed by atoms with Gasteiger partial charge in [0.25, 0.3) is 5.91 Å². The van der Waals surface area contributed by atoms with Gasteiger partial charge in [-0.25, -0.2) is 18.2 Å². The molecular formula is C41H55N5O9S. The number of amides is 4. The summed E-state index contributed by atoms with van der Waals surface area (Å²) in [4.78, 5) is 63.9. The molecule has 0 radical (unpaired) electrons. The monoisotopic (exact) mass is 793 g/mol. The van der Waals surface area contributed by atoms with Gasteiger partial charge in [-0.15, -0.1) is 0 Å². The molecule has 3 N–H and O–H groups in total. The molecule has 1 aromatic heterocycles. The Morgan fingerprint density at radius 2 is 1.86 bits per heavy atom. The van der Waals surface area contributed by atoms with Crippen molar-refractivity contribution in [1.82, 2.24) is 24.8 Å². The van der Waals surface area contributed by atoms with Crippen LogP contribution in [-0.4, -0.2) is 100 Å². The standard InChI is InChI=1S/C41H55N5O9S/c1-6-54-29-11-12-31-27(20-29)13-18-42-35(31)55-30-21-32-34(47)43-41(37(49)44-56(52,53)40(5)16-17-40)22-28(41)10-8-7-9-25(2)19-26(3)33(36(48)45(32)23-30)46(38(50)51)24-39(4)14-15-39/h8,10-13,18,20,25-26,28,30,32-33H,6-7,9,14-17,19,21-24H2,1-5H3,(H,43,47)(H,44,49)(H,50,51)/b10-8-/t25-,26+,28+,30+,32-,33-,41+/m0/s1. The van der Waals surface area contributed by atoms with E-state index in [2.05, 4.69) is 21.9 Å². The van der Waals surface area contributed by atoms with Crippen molar-refractivity contribution in [2.75, 3.05) is 19.7 Å². The van der Waals surface area contributed by atoms with E-state index in [1.807, 2.05) is 57.2 Å². The van der Waals surface area contributed by atoms with Gasteiger partial charge in [-0.05, 0) is 112 Å². The number of fused-ring (bicyclic) bond motifs is 3. The molecule has 2 aliphatic heterocycles. The molecule has 3 aliphatic carbocycles. The van der Waals surface area contributed by atoms with Crippen molar-refractivity contribution in [3.63, 3.8) is 0 Å². The first-order valence-electron chi connectivity index (χ1n) is 20.0. The summed E-state index contributed by atoms with van der Waals surface area (Å²) >= 11 is 0. The average Bonchev–Trinajstić information content (AvgIpc) is 4.10. The summed E-state index contributed by atoms with van der Waals surface area (Å²) < 4.78 is 39.9. The molecule has 2 aromatic rings. The summed E-state index contributed by atoms with van der Waals surface area (Å²) in [6, 6.07) is 5.15. The highest BCUT2D eigenvalue weighted by molar-refractivity contribution is 7.91. The van der Waals surface area contributed by atoms with Crippen molar-refractivity contribution >= 4 is 44.6 Å². The van der Waals surface area contributed by atoms with E-state index < -0.39 is 68.2 Å². The fourth-order valence-corrected chi connectivity index (χ4v) is 9.83. The maximum Gasteiger partial charge on any atom is 0.408 e. The third kappa shape index (κ3) is 7.92. The third-order valence-electron chi connectivity index (χ3n) is 12.7. The van der Waals surface area contributed by atoms with E-state index in [9.17, 15) is 27.9 Å². The number of rotatable bonds is 10. The molecule has 304 valence electrons. The fourth-order valence-electron chi connectivity index (χ4n) is 8.52. The number of hydrogen-bond donors (Lipinski definition) is 3. The molecule has 7 atom stereocenters. The molecule has 3 saturated carbocycles. The van der Waals surface area contributed by atoms with Crippen molar-refractivity contribution in [2.24, 2.45) is 23.2 Å². The molecule has 5 aliphatic rings. The van der Waals surface area contributed by atoms with E-state index in [0.29, 0.717) is 49.3 Å². The van der Waals surface area contributed by atoms with Crippen molar-refractivity contribution in [3.05, 3.63) is 42.6 Å². The molecule has 14 nitrogen and oxygen atoms in total. The third-order valence-corrected chi connectivity index (χ3v) is 14.9. The van der Waals surface area contributed by atoms with Crippen LogP contribution in [0.15, 0.2) is 42.6 Å². The molecule has 3 heterocycles. The van der Waals surface area contributed by atoms with Crippen LogP contribution in [0.1, 0.15) is 92.4 Å². The molecule has 4 fully saturated rings. The molecule has 4 amide bonds. The van der Waals surface area contributed by atoms with Crippen LogP contribution in [0.2, 0.25) is 0 Å². The summed E-state index contributed by atoms with van der Waals surface area (Å²) in [6.45, 7) is 10.1. The van der Waals surface area contributed by atoms with Crippen molar-refractivity contribution in [1.29, 1.82) is 0 Å². The number of sulfonamides is 1. The number of allylic oxidation sites excluding steroid dienone is 1. The van der Waals surface area contributed by atoms with Crippen molar-refractivity contribution in [2.45, 2.75) is 121 Å². The van der Waals surface area contributed by atoms with Gasteiger partial charge in [0.1, 0.15) is 29.5 Å². The fraction of sp³-hybridized carbons (Fsp3) is 0.634. The molecule has 15 heteroatoms.